The van der Waals surface area contributed by atoms with Crippen molar-refractivity contribution in [2.45, 2.75) is 20.8 Å². The van der Waals surface area contributed by atoms with Crippen LogP contribution >= 0.6 is 11.3 Å². The molecule has 4 nitrogen and oxygen atoms in total. The van der Waals surface area contributed by atoms with Crippen molar-refractivity contribution in [2.75, 3.05) is 11.9 Å². The number of carbonyl (C=O) groups is 1. The minimum atomic E-state index is -0.185. The Labute approximate surface area is 127 Å². The Morgan fingerprint density at radius 3 is 2.76 bits per heavy atom. The number of nitrogens with zero attached hydrogens (tertiary/aromatic N) is 1. The van der Waals surface area contributed by atoms with Gasteiger partial charge in [-0.15, -0.1) is 11.3 Å². The van der Waals surface area contributed by atoms with E-state index in [1.54, 1.807) is 6.07 Å². The van der Waals surface area contributed by atoms with Gasteiger partial charge >= 0.3 is 0 Å². The van der Waals surface area contributed by atoms with Crippen LogP contribution in [0.4, 0.5) is 5.69 Å². The fourth-order valence-corrected chi connectivity index (χ4v) is 2.71. The van der Waals surface area contributed by atoms with Gasteiger partial charge in [0, 0.05) is 11.3 Å². The van der Waals surface area contributed by atoms with Gasteiger partial charge in [0.25, 0.3) is 5.91 Å². The summed E-state index contributed by atoms with van der Waals surface area (Å²) in [5, 5.41) is 12.5. The van der Waals surface area contributed by atoms with Gasteiger partial charge < -0.3 is 10.4 Å². The number of rotatable bonds is 2. The van der Waals surface area contributed by atoms with Crippen LogP contribution in [-0.2, 0) is 0 Å². The largest absolute Gasteiger partial charge is 0.384 e. The lowest BCUT2D eigenvalue weighted by Gasteiger charge is -2.06. The molecule has 0 atom stereocenters. The maximum absolute atomic E-state index is 12.2. The van der Waals surface area contributed by atoms with Gasteiger partial charge in [0.2, 0.25) is 0 Å². The van der Waals surface area contributed by atoms with Crippen molar-refractivity contribution >= 4 is 22.9 Å². The van der Waals surface area contributed by atoms with Crippen molar-refractivity contribution in [1.82, 2.24) is 4.98 Å². The van der Waals surface area contributed by atoms with Crippen molar-refractivity contribution in [3.63, 3.8) is 0 Å². The number of nitrogens with one attached hydrogen (secondary N) is 1. The summed E-state index contributed by atoms with van der Waals surface area (Å²) in [7, 11) is 0. The van der Waals surface area contributed by atoms with Gasteiger partial charge in [0.15, 0.2) is 0 Å². The molecule has 0 aliphatic heterocycles. The van der Waals surface area contributed by atoms with Gasteiger partial charge in [0.1, 0.15) is 11.5 Å². The molecule has 1 amide bonds. The van der Waals surface area contributed by atoms with Gasteiger partial charge in [-0.25, -0.2) is 4.98 Å². The summed E-state index contributed by atoms with van der Waals surface area (Å²) in [5.41, 5.74) is 3.21. The average molecular weight is 300 g/mol. The Balaban J connectivity index is 2.23. The van der Waals surface area contributed by atoms with Crippen LogP contribution in [0.15, 0.2) is 18.2 Å². The van der Waals surface area contributed by atoms with Crippen molar-refractivity contribution in [1.29, 1.82) is 0 Å². The minimum Gasteiger partial charge on any atom is -0.384 e. The Hall–Kier alpha value is -2.16. The number of thiazole rings is 1. The van der Waals surface area contributed by atoms with Crippen LogP contribution in [-0.4, -0.2) is 22.6 Å². The summed E-state index contributed by atoms with van der Waals surface area (Å²) in [6.45, 7) is 5.45. The van der Waals surface area contributed by atoms with Crippen LogP contribution in [0, 0.1) is 32.6 Å². The number of hydrogen-bond donors (Lipinski definition) is 2. The number of benzene rings is 1. The number of aromatic nitrogens is 1. The first-order valence-electron chi connectivity index (χ1n) is 6.47. The predicted molar refractivity (Wildman–Crippen MR) is 84.7 cm³/mol. The second kappa shape index (κ2) is 6.53. The van der Waals surface area contributed by atoms with E-state index >= 15 is 0 Å². The molecule has 108 valence electrons. The number of hydrogen-bond acceptors (Lipinski definition) is 4. The lowest BCUT2D eigenvalue weighted by Crippen LogP contribution is -2.11. The van der Waals surface area contributed by atoms with E-state index in [0.717, 1.165) is 21.8 Å². The van der Waals surface area contributed by atoms with Crippen LogP contribution in [0.25, 0.3) is 0 Å². The molecule has 21 heavy (non-hydrogen) atoms. The molecule has 0 radical (unpaired) electrons. The van der Waals surface area contributed by atoms with E-state index in [1.807, 2.05) is 32.9 Å². The molecule has 5 heteroatoms. The molecular formula is C16H16N2O2S. The Morgan fingerprint density at radius 2 is 2.14 bits per heavy atom. The highest BCUT2D eigenvalue weighted by atomic mass is 32.1. The minimum absolute atomic E-state index is 0.164. The summed E-state index contributed by atoms with van der Waals surface area (Å²) in [6.07, 6.45) is 0. The zero-order chi connectivity index (χ0) is 15.4. The van der Waals surface area contributed by atoms with E-state index in [-0.39, 0.29) is 12.5 Å². The third-order valence-corrected chi connectivity index (χ3v) is 3.98. The number of aryl methyl sites for hydroxylation is 3. The molecule has 2 N–H and O–H groups in total. The van der Waals surface area contributed by atoms with Crippen LogP contribution in [0.3, 0.4) is 0 Å². The first-order chi connectivity index (χ1) is 10.0. The summed E-state index contributed by atoms with van der Waals surface area (Å²) in [5.74, 6) is 5.32. The van der Waals surface area contributed by atoms with Crippen molar-refractivity contribution < 1.29 is 9.90 Å². The summed E-state index contributed by atoms with van der Waals surface area (Å²) < 4.78 is 0. The standard InChI is InChI=1S/C16H16N2O2S/c1-10-6-7-14(9-13(10)5-4-8-19)18-16(20)15-11(2)17-12(3)21-15/h6-7,9,19H,8H2,1-3H3,(H,18,20). The van der Waals surface area contributed by atoms with Crippen LogP contribution in [0.5, 0.6) is 0 Å². The highest BCUT2D eigenvalue weighted by molar-refractivity contribution is 7.13. The first kappa shape index (κ1) is 15.2. The van der Waals surface area contributed by atoms with Gasteiger partial charge in [-0.2, -0.15) is 0 Å². The normalized spacial score (nSPS) is 9.90. The molecule has 0 saturated carbocycles. The fraction of sp³-hybridized carbons (Fsp3) is 0.250. The van der Waals surface area contributed by atoms with Crippen molar-refractivity contribution in [2.24, 2.45) is 0 Å². The number of aliphatic hydroxyl groups excluding tert-OH is 1. The number of anilines is 1. The zero-order valence-corrected chi connectivity index (χ0v) is 13.0. The molecule has 2 rings (SSSR count). The van der Waals surface area contributed by atoms with Gasteiger partial charge in [-0.05, 0) is 38.5 Å². The molecule has 1 aromatic heterocycles. The highest BCUT2D eigenvalue weighted by Crippen LogP contribution is 2.20. The van der Waals surface area contributed by atoms with Gasteiger partial charge in [-0.1, -0.05) is 17.9 Å². The Morgan fingerprint density at radius 1 is 1.38 bits per heavy atom. The molecule has 0 spiro atoms. The maximum atomic E-state index is 12.2. The third-order valence-electron chi connectivity index (χ3n) is 2.91. The molecule has 0 saturated heterocycles. The lowest BCUT2D eigenvalue weighted by atomic mass is 10.1. The van der Waals surface area contributed by atoms with Gasteiger partial charge in [-0.3, -0.25) is 4.79 Å². The topological polar surface area (TPSA) is 62.2 Å². The zero-order valence-electron chi connectivity index (χ0n) is 12.2. The molecule has 0 bridgehead atoms. The molecular weight excluding hydrogens is 284 g/mol. The molecule has 0 aliphatic rings. The van der Waals surface area contributed by atoms with E-state index in [4.69, 9.17) is 5.11 Å². The SMILES string of the molecule is Cc1nc(C)c(C(=O)Nc2ccc(C)c(C#CCO)c2)s1. The van der Waals surface area contributed by atoms with Crippen LogP contribution in [0.2, 0.25) is 0 Å². The van der Waals surface area contributed by atoms with E-state index in [9.17, 15) is 4.79 Å². The van der Waals surface area contributed by atoms with Crippen LogP contribution < -0.4 is 5.32 Å². The highest BCUT2D eigenvalue weighted by Gasteiger charge is 2.14. The van der Waals surface area contributed by atoms with E-state index in [1.165, 1.54) is 11.3 Å². The number of aliphatic hydroxyl groups is 1. The quantitative estimate of drug-likeness (QED) is 0.838. The Kier molecular flexibility index (Phi) is 4.73. The number of amides is 1. The molecule has 0 aliphatic carbocycles. The second-order valence-corrected chi connectivity index (χ2v) is 5.79. The van der Waals surface area contributed by atoms with Crippen molar-refractivity contribution in [3.05, 3.63) is 44.9 Å². The summed E-state index contributed by atoms with van der Waals surface area (Å²) >= 11 is 1.38. The molecule has 0 unspecified atom stereocenters. The fourth-order valence-electron chi connectivity index (χ4n) is 1.90. The summed E-state index contributed by atoms with van der Waals surface area (Å²) in [6, 6.07) is 5.53. The maximum Gasteiger partial charge on any atom is 0.267 e. The Bertz CT molecular complexity index is 738. The number of carbonyl (C=O) groups excluding carboxylic acids is 1. The van der Waals surface area contributed by atoms with Crippen LogP contribution in [0.1, 0.15) is 31.5 Å². The first-order valence-corrected chi connectivity index (χ1v) is 7.28. The lowest BCUT2D eigenvalue weighted by molar-refractivity contribution is 0.103. The average Bonchev–Trinajstić information content (AvgIpc) is 2.78. The predicted octanol–water partition coefficient (Wildman–Crippen LogP) is 2.66. The van der Waals surface area contributed by atoms with Gasteiger partial charge in [0.05, 0.1) is 10.7 Å². The van der Waals surface area contributed by atoms with E-state index in [0.29, 0.717) is 10.6 Å². The smallest absolute Gasteiger partial charge is 0.267 e. The van der Waals surface area contributed by atoms with E-state index < -0.39 is 0 Å². The molecule has 1 aromatic carbocycles. The monoisotopic (exact) mass is 300 g/mol. The molecule has 2 aromatic rings. The third kappa shape index (κ3) is 3.69. The van der Waals surface area contributed by atoms with E-state index in [2.05, 4.69) is 22.1 Å². The second-order valence-electron chi connectivity index (χ2n) is 4.59. The molecule has 0 fully saturated rings. The summed E-state index contributed by atoms with van der Waals surface area (Å²) in [4.78, 5) is 17.1. The van der Waals surface area contributed by atoms with Crippen molar-refractivity contribution in [3.8, 4) is 11.8 Å². The molecule has 1 heterocycles.